The van der Waals surface area contributed by atoms with Crippen molar-refractivity contribution in [1.82, 2.24) is 25.5 Å². The molecule has 3 rings (SSSR count). The van der Waals surface area contributed by atoms with Crippen molar-refractivity contribution < 1.29 is 0 Å². The van der Waals surface area contributed by atoms with Gasteiger partial charge in [0.1, 0.15) is 0 Å². The zero-order chi connectivity index (χ0) is 13.9. The summed E-state index contributed by atoms with van der Waals surface area (Å²) >= 11 is 1.63. The Morgan fingerprint density at radius 1 is 1.35 bits per heavy atom. The van der Waals surface area contributed by atoms with Crippen molar-refractivity contribution in [2.24, 2.45) is 0 Å². The van der Waals surface area contributed by atoms with Gasteiger partial charge in [-0.25, -0.2) is 4.68 Å². The Kier molecular flexibility index (Phi) is 4.03. The van der Waals surface area contributed by atoms with Crippen molar-refractivity contribution in [3.8, 4) is 0 Å². The first-order valence-electron chi connectivity index (χ1n) is 7.04. The van der Waals surface area contributed by atoms with Crippen LogP contribution in [0.4, 0.5) is 0 Å². The first-order valence-corrected chi connectivity index (χ1v) is 7.86. The van der Waals surface area contributed by atoms with Crippen LogP contribution in [0, 0.1) is 0 Å². The Labute approximate surface area is 123 Å². The number of nitrogens with zero attached hydrogens (tertiary/aromatic N) is 4. The minimum Gasteiger partial charge on any atom is -0.313 e. The molecule has 1 atom stereocenters. The number of benzene rings is 1. The summed E-state index contributed by atoms with van der Waals surface area (Å²) in [6.07, 6.45) is 3.47. The first kappa shape index (κ1) is 13.6. The minimum absolute atomic E-state index is 0.422. The molecule has 0 aliphatic heterocycles. The van der Waals surface area contributed by atoms with Gasteiger partial charge in [-0.2, -0.15) is 0 Å². The molecule has 1 unspecified atom stereocenters. The van der Waals surface area contributed by atoms with E-state index in [9.17, 15) is 0 Å². The molecular weight excluding hydrogens is 270 g/mol. The summed E-state index contributed by atoms with van der Waals surface area (Å²) < 4.78 is 1.95. The van der Waals surface area contributed by atoms with Crippen LogP contribution in [0.25, 0.3) is 0 Å². The van der Waals surface area contributed by atoms with Crippen molar-refractivity contribution in [2.75, 3.05) is 7.05 Å². The van der Waals surface area contributed by atoms with Crippen LogP contribution in [0.5, 0.6) is 0 Å². The molecule has 0 amide bonds. The third-order valence-corrected chi connectivity index (χ3v) is 4.56. The summed E-state index contributed by atoms with van der Waals surface area (Å²) in [6, 6.07) is 9.58. The molecule has 0 radical (unpaired) electrons. The molecule has 106 valence electrons. The molecule has 0 saturated heterocycles. The number of hydrogen-bond donors (Lipinski definition) is 1. The Balaban J connectivity index is 1.73. The number of rotatable bonds is 6. The highest BCUT2D eigenvalue weighted by Gasteiger charge is 2.28. The molecule has 0 bridgehead atoms. The van der Waals surface area contributed by atoms with Crippen molar-refractivity contribution in [3.63, 3.8) is 0 Å². The van der Waals surface area contributed by atoms with Crippen molar-refractivity contribution >= 4 is 11.8 Å². The van der Waals surface area contributed by atoms with Gasteiger partial charge in [-0.3, -0.25) is 0 Å². The lowest BCUT2D eigenvalue weighted by Crippen LogP contribution is -2.14. The molecule has 1 N–H and O–H groups in total. The maximum atomic E-state index is 4.12. The molecule has 1 fully saturated rings. The van der Waals surface area contributed by atoms with Gasteiger partial charge in [-0.1, -0.05) is 19.1 Å². The summed E-state index contributed by atoms with van der Waals surface area (Å²) in [5, 5.41) is 16.2. The van der Waals surface area contributed by atoms with Gasteiger partial charge in [-0.15, -0.1) is 5.10 Å². The molecule has 1 aromatic carbocycles. The predicted octanol–water partition coefficient (Wildman–Crippen LogP) is 2.83. The van der Waals surface area contributed by atoms with Crippen LogP contribution >= 0.6 is 11.8 Å². The fraction of sp³-hybridized carbons (Fsp3) is 0.500. The standard InChI is InChI=1S/C14H19N5S/c1-3-13(15-2)10-4-8-12(9-5-10)20-14-16-17-18-19(14)11-6-7-11/h4-5,8-9,11,13,15H,3,6-7H2,1-2H3. The monoisotopic (exact) mass is 289 g/mol. The number of hydrogen-bond acceptors (Lipinski definition) is 5. The summed E-state index contributed by atoms with van der Waals surface area (Å²) in [7, 11) is 2.00. The number of aromatic nitrogens is 4. The summed E-state index contributed by atoms with van der Waals surface area (Å²) in [6.45, 7) is 2.19. The van der Waals surface area contributed by atoms with Gasteiger partial charge in [0.15, 0.2) is 0 Å². The van der Waals surface area contributed by atoms with Gasteiger partial charge in [-0.05, 0) is 66.2 Å². The van der Waals surface area contributed by atoms with Crippen molar-refractivity contribution in [3.05, 3.63) is 29.8 Å². The van der Waals surface area contributed by atoms with E-state index in [1.165, 1.54) is 23.3 Å². The van der Waals surface area contributed by atoms with Crippen LogP contribution in [-0.4, -0.2) is 27.3 Å². The molecule has 6 heteroatoms. The lowest BCUT2D eigenvalue weighted by molar-refractivity contribution is 0.565. The van der Waals surface area contributed by atoms with E-state index < -0.39 is 0 Å². The zero-order valence-electron chi connectivity index (χ0n) is 11.8. The third kappa shape index (κ3) is 2.86. The molecule has 1 saturated carbocycles. The lowest BCUT2D eigenvalue weighted by Gasteiger charge is -2.14. The Morgan fingerprint density at radius 3 is 2.70 bits per heavy atom. The minimum atomic E-state index is 0.422. The quantitative estimate of drug-likeness (QED) is 0.886. The van der Waals surface area contributed by atoms with Gasteiger partial charge in [0.2, 0.25) is 5.16 Å². The predicted molar refractivity (Wildman–Crippen MR) is 78.7 cm³/mol. The van der Waals surface area contributed by atoms with E-state index in [0.717, 1.165) is 11.6 Å². The van der Waals surface area contributed by atoms with Gasteiger partial charge in [0.05, 0.1) is 6.04 Å². The molecule has 1 aliphatic rings. The average molecular weight is 289 g/mol. The van der Waals surface area contributed by atoms with Crippen LogP contribution in [0.1, 0.15) is 43.8 Å². The van der Waals surface area contributed by atoms with E-state index in [2.05, 4.69) is 52.0 Å². The highest BCUT2D eigenvalue weighted by atomic mass is 32.2. The highest BCUT2D eigenvalue weighted by molar-refractivity contribution is 7.99. The molecule has 5 nitrogen and oxygen atoms in total. The summed E-state index contributed by atoms with van der Waals surface area (Å²) in [5.41, 5.74) is 1.32. The van der Waals surface area contributed by atoms with E-state index in [1.807, 2.05) is 11.7 Å². The van der Waals surface area contributed by atoms with Crippen molar-refractivity contribution in [2.45, 2.75) is 48.3 Å². The Bertz CT molecular complexity index is 557. The fourth-order valence-electron chi connectivity index (χ4n) is 2.28. The number of nitrogens with one attached hydrogen (secondary N) is 1. The topological polar surface area (TPSA) is 55.6 Å². The van der Waals surface area contributed by atoms with Crippen LogP contribution in [0.2, 0.25) is 0 Å². The fourth-order valence-corrected chi connectivity index (χ4v) is 3.12. The SMILES string of the molecule is CCC(NC)c1ccc(Sc2nnnn2C2CC2)cc1. The second kappa shape index (κ2) is 5.93. The summed E-state index contributed by atoms with van der Waals surface area (Å²) in [4.78, 5) is 1.18. The van der Waals surface area contributed by atoms with E-state index in [1.54, 1.807) is 11.8 Å². The van der Waals surface area contributed by atoms with E-state index in [-0.39, 0.29) is 0 Å². The van der Waals surface area contributed by atoms with Crippen LogP contribution in [0.3, 0.4) is 0 Å². The second-order valence-electron chi connectivity index (χ2n) is 5.06. The zero-order valence-corrected chi connectivity index (χ0v) is 12.6. The molecule has 2 aromatic rings. The van der Waals surface area contributed by atoms with Gasteiger partial charge >= 0.3 is 0 Å². The van der Waals surface area contributed by atoms with E-state index >= 15 is 0 Å². The molecule has 1 aromatic heterocycles. The van der Waals surface area contributed by atoms with E-state index in [0.29, 0.717) is 12.1 Å². The maximum absolute atomic E-state index is 4.12. The van der Waals surface area contributed by atoms with Crippen LogP contribution < -0.4 is 5.32 Å². The second-order valence-corrected chi connectivity index (χ2v) is 6.10. The highest BCUT2D eigenvalue weighted by Crippen LogP contribution is 2.38. The normalized spacial score (nSPS) is 16.3. The maximum Gasteiger partial charge on any atom is 0.214 e. The third-order valence-electron chi connectivity index (χ3n) is 3.60. The van der Waals surface area contributed by atoms with Gasteiger partial charge < -0.3 is 5.32 Å². The van der Waals surface area contributed by atoms with Crippen LogP contribution in [0.15, 0.2) is 34.3 Å². The molecular formula is C14H19N5S. The Morgan fingerprint density at radius 2 is 2.10 bits per heavy atom. The number of tetrazole rings is 1. The average Bonchev–Trinajstić information content (AvgIpc) is 3.22. The van der Waals surface area contributed by atoms with Crippen molar-refractivity contribution in [1.29, 1.82) is 0 Å². The molecule has 20 heavy (non-hydrogen) atoms. The first-order chi connectivity index (χ1) is 9.81. The molecule has 1 heterocycles. The molecule has 1 aliphatic carbocycles. The lowest BCUT2D eigenvalue weighted by atomic mass is 10.1. The summed E-state index contributed by atoms with van der Waals surface area (Å²) in [5.74, 6) is 0. The van der Waals surface area contributed by atoms with Gasteiger partial charge in [0, 0.05) is 10.9 Å². The van der Waals surface area contributed by atoms with Gasteiger partial charge in [0.25, 0.3) is 0 Å². The van der Waals surface area contributed by atoms with E-state index in [4.69, 9.17) is 0 Å². The molecule has 0 spiro atoms. The smallest absolute Gasteiger partial charge is 0.214 e. The van der Waals surface area contributed by atoms with Crippen LogP contribution in [-0.2, 0) is 0 Å². The Hall–Kier alpha value is -1.40. The largest absolute Gasteiger partial charge is 0.313 e.